The second-order valence-corrected chi connectivity index (χ2v) is 8.92. The highest BCUT2D eigenvalue weighted by atomic mass is 16.5. The number of amides is 1. The minimum absolute atomic E-state index is 0.137. The van der Waals surface area contributed by atoms with Crippen molar-refractivity contribution >= 4 is 11.7 Å². The molecule has 0 saturated heterocycles. The summed E-state index contributed by atoms with van der Waals surface area (Å²) in [5.41, 5.74) is 1.27. The summed E-state index contributed by atoms with van der Waals surface area (Å²) in [6.45, 7) is 0. The third-order valence-electron chi connectivity index (χ3n) is 7.15. The summed E-state index contributed by atoms with van der Waals surface area (Å²) < 4.78 is 5.34. The van der Waals surface area contributed by atoms with Crippen LogP contribution < -0.4 is 10.1 Å². The summed E-state index contributed by atoms with van der Waals surface area (Å²) in [6, 6.07) is 14.2. The summed E-state index contributed by atoms with van der Waals surface area (Å²) in [7, 11) is 1.71. The monoisotopic (exact) mass is 362 g/mol. The van der Waals surface area contributed by atoms with Crippen LogP contribution >= 0.6 is 0 Å². The van der Waals surface area contributed by atoms with E-state index < -0.39 is 0 Å². The summed E-state index contributed by atoms with van der Waals surface area (Å²) in [5, 5.41) is 3.12. The molecule has 0 unspecified atom stereocenters. The van der Waals surface area contributed by atoms with Gasteiger partial charge in [0, 0.05) is 6.20 Å². The molecule has 0 aliphatic heterocycles. The predicted molar refractivity (Wildman–Crippen MR) is 105 cm³/mol. The van der Waals surface area contributed by atoms with E-state index in [9.17, 15) is 4.79 Å². The Morgan fingerprint density at radius 1 is 1.07 bits per heavy atom. The van der Waals surface area contributed by atoms with Gasteiger partial charge >= 0.3 is 0 Å². The molecule has 4 fully saturated rings. The Labute approximate surface area is 160 Å². The van der Waals surface area contributed by atoms with Gasteiger partial charge in [0.05, 0.1) is 12.5 Å². The number of carbonyl (C=O) groups is 1. The van der Waals surface area contributed by atoms with Gasteiger partial charge in [-0.2, -0.15) is 0 Å². The molecule has 0 radical (unpaired) electrons. The average molecular weight is 362 g/mol. The molecule has 4 heteroatoms. The molecule has 140 valence electrons. The third-order valence-corrected chi connectivity index (χ3v) is 7.15. The fourth-order valence-corrected chi connectivity index (χ4v) is 6.50. The highest BCUT2D eigenvalue weighted by Gasteiger charge is 2.60. The number of pyridine rings is 1. The lowest BCUT2D eigenvalue weighted by Gasteiger charge is -2.61. The first-order valence-corrected chi connectivity index (χ1v) is 9.98. The number of benzene rings is 1. The van der Waals surface area contributed by atoms with Gasteiger partial charge in [0.1, 0.15) is 11.6 Å². The van der Waals surface area contributed by atoms with E-state index >= 15 is 0 Å². The predicted octanol–water partition coefficient (Wildman–Crippen LogP) is 4.57. The van der Waals surface area contributed by atoms with Crippen molar-refractivity contribution < 1.29 is 9.53 Å². The third kappa shape index (κ3) is 2.73. The van der Waals surface area contributed by atoms with E-state index in [-0.39, 0.29) is 16.7 Å². The topological polar surface area (TPSA) is 51.2 Å². The molecule has 2 aromatic rings. The maximum Gasteiger partial charge on any atom is 0.231 e. The second-order valence-electron chi connectivity index (χ2n) is 8.92. The maximum absolute atomic E-state index is 13.4. The Bertz CT molecular complexity index is 832. The van der Waals surface area contributed by atoms with E-state index in [4.69, 9.17) is 4.74 Å². The maximum atomic E-state index is 13.4. The van der Waals surface area contributed by atoms with Gasteiger partial charge in [-0.05, 0) is 85.6 Å². The van der Waals surface area contributed by atoms with Gasteiger partial charge in [-0.15, -0.1) is 0 Å². The first-order chi connectivity index (χ1) is 13.1. The quantitative estimate of drug-likeness (QED) is 0.867. The summed E-state index contributed by atoms with van der Waals surface area (Å²) in [4.78, 5) is 17.7. The van der Waals surface area contributed by atoms with E-state index in [0.717, 1.165) is 25.0 Å². The molecule has 1 N–H and O–H groups in total. The second kappa shape index (κ2) is 6.08. The van der Waals surface area contributed by atoms with Crippen LogP contribution in [-0.2, 0) is 10.2 Å². The van der Waals surface area contributed by atoms with Gasteiger partial charge in [0.25, 0.3) is 0 Å². The van der Waals surface area contributed by atoms with Crippen molar-refractivity contribution in [1.29, 1.82) is 0 Å². The van der Waals surface area contributed by atoms with Crippen LogP contribution in [0.1, 0.15) is 44.1 Å². The van der Waals surface area contributed by atoms with Crippen molar-refractivity contribution in [2.45, 2.75) is 43.9 Å². The molecule has 6 rings (SSSR count). The number of ether oxygens (including phenoxy) is 1. The summed E-state index contributed by atoms with van der Waals surface area (Å²) in [6.07, 6.45) is 8.46. The lowest BCUT2D eigenvalue weighted by atomic mass is 9.42. The zero-order valence-corrected chi connectivity index (χ0v) is 15.8. The Hall–Kier alpha value is -2.36. The van der Waals surface area contributed by atoms with Crippen LogP contribution in [0.4, 0.5) is 5.82 Å². The van der Waals surface area contributed by atoms with E-state index in [1.165, 1.54) is 24.8 Å². The number of aromatic nitrogens is 1. The number of rotatable bonds is 4. The molecular weight excluding hydrogens is 336 g/mol. The fraction of sp³-hybridized carbons (Fsp3) is 0.478. The van der Waals surface area contributed by atoms with Crippen molar-refractivity contribution in [2.24, 2.45) is 17.3 Å². The highest BCUT2D eigenvalue weighted by Crippen LogP contribution is 2.66. The van der Waals surface area contributed by atoms with E-state index in [2.05, 4.69) is 34.6 Å². The number of carbonyl (C=O) groups excluding carboxylic acids is 1. The van der Waals surface area contributed by atoms with Gasteiger partial charge in [0.2, 0.25) is 5.91 Å². The molecule has 1 amide bonds. The van der Waals surface area contributed by atoms with Crippen LogP contribution in [0.5, 0.6) is 5.75 Å². The fourth-order valence-electron chi connectivity index (χ4n) is 6.50. The molecule has 1 aromatic heterocycles. The molecule has 1 aromatic carbocycles. The lowest BCUT2D eigenvalue weighted by Crippen LogP contribution is -2.58. The Kier molecular flexibility index (Phi) is 3.78. The Balaban J connectivity index is 1.47. The molecule has 4 aliphatic carbocycles. The average Bonchev–Trinajstić information content (AvgIpc) is 2.68. The molecule has 4 nitrogen and oxygen atoms in total. The van der Waals surface area contributed by atoms with E-state index in [0.29, 0.717) is 17.7 Å². The molecule has 27 heavy (non-hydrogen) atoms. The molecule has 4 bridgehead atoms. The SMILES string of the molecule is COc1ccc(C23C[C@H]4C[C@@H](CC(C(=O)Nc5ccccn5)(C4)C2)C3)cc1. The normalized spacial score (nSPS) is 33.7. The highest BCUT2D eigenvalue weighted by molar-refractivity contribution is 5.95. The largest absolute Gasteiger partial charge is 0.497 e. The number of anilines is 1. The smallest absolute Gasteiger partial charge is 0.231 e. The van der Waals surface area contributed by atoms with Gasteiger partial charge in [0.15, 0.2) is 0 Å². The Morgan fingerprint density at radius 3 is 2.44 bits per heavy atom. The number of hydrogen-bond acceptors (Lipinski definition) is 3. The molecule has 2 atom stereocenters. The van der Waals surface area contributed by atoms with Crippen molar-refractivity contribution in [1.82, 2.24) is 4.98 Å². The standard InChI is InChI=1S/C23H26N2O2/c1-27-19-7-5-18(6-8-19)22-11-16-10-17(12-22)14-23(13-16,15-22)21(26)25-20-4-2-3-9-24-20/h2-9,16-17H,10-15H2,1H3,(H,24,25,26)/t16-,17-,22?,23?/m1/s1. The van der Waals surface area contributed by atoms with Crippen molar-refractivity contribution in [3.8, 4) is 5.75 Å². The zero-order valence-electron chi connectivity index (χ0n) is 15.8. The van der Waals surface area contributed by atoms with Crippen LogP contribution in [-0.4, -0.2) is 18.0 Å². The summed E-state index contributed by atoms with van der Waals surface area (Å²) in [5.74, 6) is 3.04. The minimum Gasteiger partial charge on any atom is -0.497 e. The van der Waals surface area contributed by atoms with Gasteiger partial charge in [-0.25, -0.2) is 4.98 Å². The van der Waals surface area contributed by atoms with Gasteiger partial charge in [-0.1, -0.05) is 18.2 Å². The first kappa shape index (κ1) is 16.8. The Morgan fingerprint density at radius 2 is 1.81 bits per heavy atom. The van der Waals surface area contributed by atoms with Crippen molar-refractivity contribution in [2.75, 3.05) is 12.4 Å². The minimum atomic E-state index is -0.248. The first-order valence-electron chi connectivity index (χ1n) is 9.98. The lowest BCUT2D eigenvalue weighted by molar-refractivity contribution is -0.143. The van der Waals surface area contributed by atoms with E-state index in [1.807, 2.05) is 18.2 Å². The van der Waals surface area contributed by atoms with Crippen molar-refractivity contribution in [3.05, 3.63) is 54.2 Å². The molecule has 1 heterocycles. The molecule has 4 aliphatic rings. The van der Waals surface area contributed by atoms with Gasteiger partial charge < -0.3 is 10.1 Å². The zero-order chi connectivity index (χ0) is 18.5. The number of nitrogens with one attached hydrogen (secondary N) is 1. The van der Waals surface area contributed by atoms with Crippen LogP contribution in [0.25, 0.3) is 0 Å². The molecule has 4 saturated carbocycles. The number of methoxy groups -OCH3 is 1. The van der Waals surface area contributed by atoms with Crippen LogP contribution in [0.15, 0.2) is 48.7 Å². The number of nitrogens with zero attached hydrogens (tertiary/aromatic N) is 1. The van der Waals surface area contributed by atoms with Crippen LogP contribution in [0, 0.1) is 17.3 Å². The van der Waals surface area contributed by atoms with Gasteiger partial charge in [-0.3, -0.25) is 4.79 Å². The molecule has 0 spiro atoms. The number of hydrogen-bond donors (Lipinski definition) is 1. The van der Waals surface area contributed by atoms with E-state index in [1.54, 1.807) is 13.3 Å². The van der Waals surface area contributed by atoms with Crippen LogP contribution in [0.3, 0.4) is 0 Å². The van der Waals surface area contributed by atoms with Crippen molar-refractivity contribution in [3.63, 3.8) is 0 Å². The van der Waals surface area contributed by atoms with Crippen LogP contribution in [0.2, 0.25) is 0 Å². The molecular formula is C23H26N2O2. The summed E-state index contributed by atoms with van der Waals surface area (Å²) >= 11 is 0.